The van der Waals surface area contributed by atoms with Crippen LogP contribution in [0.1, 0.15) is 31.7 Å². The Morgan fingerprint density at radius 3 is 2.72 bits per heavy atom. The number of carbonyl (C=O) groups excluding carboxylic acids is 1. The first-order valence-corrected chi connectivity index (χ1v) is 9.82. The summed E-state index contributed by atoms with van der Waals surface area (Å²) >= 11 is 0. The van der Waals surface area contributed by atoms with Crippen molar-refractivity contribution in [3.05, 3.63) is 47.7 Å². The Labute approximate surface area is 169 Å². The minimum Gasteiger partial charge on any atom is -0.481 e. The average Bonchev–Trinajstić information content (AvgIpc) is 2.74. The first-order valence-electron chi connectivity index (χ1n) is 9.82. The van der Waals surface area contributed by atoms with Gasteiger partial charge in [0, 0.05) is 37.3 Å². The molecule has 1 aromatic carbocycles. The van der Waals surface area contributed by atoms with Crippen molar-refractivity contribution < 1.29 is 18.3 Å². The molecule has 1 saturated heterocycles. The number of hydrogen-bond acceptors (Lipinski definition) is 5. The van der Waals surface area contributed by atoms with Gasteiger partial charge in [-0.15, -0.1) is 0 Å². The van der Waals surface area contributed by atoms with Crippen LogP contribution in [0.3, 0.4) is 0 Å². The Morgan fingerprint density at radius 2 is 2.03 bits per heavy atom. The summed E-state index contributed by atoms with van der Waals surface area (Å²) in [6.07, 6.45) is 4.34. The third-order valence-corrected chi connectivity index (χ3v) is 5.21. The van der Waals surface area contributed by atoms with Crippen LogP contribution >= 0.6 is 0 Å². The number of carbonyl (C=O) groups is 1. The molecule has 1 atom stereocenters. The Balaban J connectivity index is 1.44. The number of halogens is 2. The molecule has 0 saturated carbocycles. The molecule has 8 heteroatoms. The number of piperidine rings is 1. The van der Waals surface area contributed by atoms with Crippen LogP contribution in [0.4, 0.5) is 14.7 Å². The molecule has 0 radical (unpaired) electrons. The van der Waals surface area contributed by atoms with E-state index in [0.717, 1.165) is 24.5 Å². The highest BCUT2D eigenvalue weighted by atomic mass is 19.2. The monoisotopic (exact) mass is 404 g/mol. The van der Waals surface area contributed by atoms with E-state index in [-0.39, 0.29) is 17.9 Å². The summed E-state index contributed by atoms with van der Waals surface area (Å²) in [5, 5.41) is 3.04. The molecule has 1 aromatic heterocycles. The van der Waals surface area contributed by atoms with Crippen LogP contribution in [0, 0.1) is 17.6 Å². The van der Waals surface area contributed by atoms with Crippen LogP contribution in [0.15, 0.2) is 30.5 Å². The summed E-state index contributed by atoms with van der Waals surface area (Å²) in [5.74, 6) is -0.573. The highest BCUT2D eigenvalue weighted by Crippen LogP contribution is 2.22. The molecule has 2 heterocycles. The molecule has 1 fully saturated rings. The fourth-order valence-electron chi connectivity index (χ4n) is 3.45. The number of amides is 1. The van der Waals surface area contributed by atoms with Crippen molar-refractivity contribution in [3.8, 4) is 5.88 Å². The fourth-order valence-corrected chi connectivity index (χ4v) is 3.45. The Bertz CT molecular complexity index is 841. The molecule has 1 aliphatic rings. The zero-order valence-corrected chi connectivity index (χ0v) is 16.7. The minimum atomic E-state index is -0.846. The van der Waals surface area contributed by atoms with Crippen molar-refractivity contribution in [3.63, 3.8) is 0 Å². The van der Waals surface area contributed by atoms with Crippen LogP contribution in [-0.2, 0) is 11.2 Å². The van der Waals surface area contributed by atoms with Crippen LogP contribution in [0.25, 0.3) is 0 Å². The summed E-state index contributed by atoms with van der Waals surface area (Å²) in [4.78, 5) is 23.2. The Kier molecular flexibility index (Phi) is 6.95. The van der Waals surface area contributed by atoms with Gasteiger partial charge in [0.1, 0.15) is 0 Å². The zero-order chi connectivity index (χ0) is 20.8. The molecule has 29 heavy (non-hydrogen) atoms. The van der Waals surface area contributed by atoms with Gasteiger partial charge in [0.05, 0.1) is 7.11 Å². The number of nitrogens with one attached hydrogen (secondary N) is 1. The summed E-state index contributed by atoms with van der Waals surface area (Å²) in [6, 6.07) is 5.57. The Hall–Kier alpha value is -2.77. The number of hydrogen-bond donors (Lipinski definition) is 1. The van der Waals surface area contributed by atoms with Crippen molar-refractivity contribution in [2.75, 3.05) is 25.1 Å². The molecular weight excluding hydrogens is 378 g/mol. The quantitative estimate of drug-likeness (QED) is 0.768. The molecule has 0 spiro atoms. The number of aromatic nitrogens is 2. The SMILES string of the molecule is COc1ccnc(N2CCC(C(=O)NC(C)CCc3ccc(F)c(F)c3)CC2)n1. The van der Waals surface area contributed by atoms with Crippen LogP contribution < -0.4 is 15.0 Å². The number of ether oxygens (including phenoxy) is 1. The van der Waals surface area contributed by atoms with Gasteiger partial charge in [0.2, 0.25) is 17.7 Å². The predicted molar refractivity (Wildman–Crippen MR) is 106 cm³/mol. The lowest BCUT2D eigenvalue weighted by Gasteiger charge is -2.32. The average molecular weight is 404 g/mol. The summed E-state index contributed by atoms with van der Waals surface area (Å²) in [7, 11) is 1.57. The van der Waals surface area contributed by atoms with Crippen LogP contribution in [0.5, 0.6) is 5.88 Å². The van der Waals surface area contributed by atoms with E-state index < -0.39 is 11.6 Å². The van der Waals surface area contributed by atoms with E-state index >= 15 is 0 Å². The van der Waals surface area contributed by atoms with Gasteiger partial charge in [-0.2, -0.15) is 4.98 Å². The molecule has 1 unspecified atom stereocenters. The van der Waals surface area contributed by atoms with E-state index in [2.05, 4.69) is 20.2 Å². The summed E-state index contributed by atoms with van der Waals surface area (Å²) in [6.45, 7) is 3.33. The molecule has 1 aliphatic heterocycles. The van der Waals surface area contributed by atoms with Gasteiger partial charge in [0.15, 0.2) is 11.6 Å². The van der Waals surface area contributed by atoms with Crippen molar-refractivity contribution in [1.29, 1.82) is 0 Å². The lowest BCUT2D eigenvalue weighted by Crippen LogP contribution is -2.43. The highest BCUT2D eigenvalue weighted by Gasteiger charge is 2.27. The van der Waals surface area contributed by atoms with E-state index in [9.17, 15) is 13.6 Å². The van der Waals surface area contributed by atoms with E-state index in [1.54, 1.807) is 25.4 Å². The second kappa shape index (κ2) is 9.62. The van der Waals surface area contributed by atoms with Crippen molar-refractivity contribution in [2.45, 2.75) is 38.6 Å². The lowest BCUT2D eigenvalue weighted by molar-refractivity contribution is -0.126. The van der Waals surface area contributed by atoms with E-state index in [1.165, 1.54) is 6.07 Å². The second-order valence-electron chi connectivity index (χ2n) is 7.36. The van der Waals surface area contributed by atoms with Crippen LogP contribution in [0.2, 0.25) is 0 Å². The molecule has 156 valence electrons. The lowest BCUT2D eigenvalue weighted by atomic mass is 9.95. The van der Waals surface area contributed by atoms with E-state index in [4.69, 9.17) is 4.74 Å². The molecule has 2 aromatic rings. The standard InChI is InChI=1S/C21H26F2N4O2/c1-14(3-4-15-5-6-17(22)18(23)13-15)25-20(28)16-8-11-27(12-9-16)21-24-10-7-19(26-21)29-2/h5-7,10,13-14,16H,3-4,8-9,11-12H2,1-2H3,(H,25,28). The molecular formula is C21H26F2N4O2. The zero-order valence-electron chi connectivity index (χ0n) is 16.7. The summed E-state index contributed by atoms with van der Waals surface area (Å²) in [5.41, 5.74) is 0.719. The summed E-state index contributed by atoms with van der Waals surface area (Å²) < 4.78 is 31.4. The van der Waals surface area contributed by atoms with Gasteiger partial charge < -0.3 is 15.0 Å². The van der Waals surface area contributed by atoms with Gasteiger partial charge >= 0.3 is 0 Å². The molecule has 0 bridgehead atoms. The first kappa shape index (κ1) is 21.0. The smallest absolute Gasteiger partial charge is 0.228 e. The molecule has 1 amide bonds. The number of benzene rings is 1. The number of nitrogens with zero attached hydrogens (tertiary/aromatic N) is 3. The van der Waals surface area contributed by atoms with E-state index in [0.29, 0.717) is 37.8 Å². The molecule has 3 rings (SSSR count). The van der Waals surface area contributed by atoms with Gasteiger partial charge in [-0.05, 0) is 50.3 Å². The minimum absolute atomic E-state index is 0.0361. The van der Waals surface area contributed by atoms with Gasteiger partial charge in [0.25, 0.3) is 0 Å². The molecule has 6 nitrogen and oxygen atoms in total. The third kappa shape index (κ3) is 5.62. The second-order valence-corrected chi connectivity index (χ2v) is 7.36. The number of methoxy groups -OCH3 is 1. The third-order valence-electron chi connectivity index (χ3n) is 5.21. The van der Waals surface area contributed by atoms with E-state index in [1.807, 2.05) is 6.92 Å². The Morgan fingerprint density at radius 1 is 1.28 bits per heavy atom. The van der Waals surface area contributed by atoms with Gasteiger partial charge in [-0.3, -0.25) is 4.79 Å². The normalized spacial score (nSPS) is 15.8. The topological polar surface area (TPSA) is 67.3 Å². The maximum atomic E-state index is 13.3. The fraction of sp³-hybridized carbons (Fsp3) is 0.476. The highest BCUT2D eigenvalue weighted by molar-refractivity contribution is 5.79. The van der Waals surface area contributed by atoms with Gasteiger partial charge in [-0.25, -0.2) is 13.8 Å². The van der Waals surface area contributed by atoms with Gasteiger partial charge in [-0.1, -0.05) is 6.07 Å². The number of rotatable bonds is 7. The first-order chi connectivity index (χ1) is 14.0. The maximum absolute atomic E-state index is 13.3. The number of aryl methyl sites for hydroxylation is 1. The van der Waals surface area contributed by atoms with Crippen molar-refractivity contribution in [2.24, 2.45) is 5.92 Å². The van der Waals surface area contributed by atoms with Crippen LogP contribution in [-0.4, -0.2) is 42.1 Å². The predicted octanol–water partition coefficient (Wildman–Crippen LogP) is 3.12. The van der Waals surface area contributed by atoms with Crippen molar-refractivity contribution in [1.82, 2.24) is 15.3 Å². The number of anilines is 1. The molecule has 0 aliphatic carbocycles. The largest absolute Gasteiger partial charge is 0.481 e. The maximum Gasteiger partial charge on any atom is 0.228 e. The van der Waals surface area contributed by atoms with Crippen molar-refractivity contribution >= 4 is 11.9 Å². The molecule has 1 N–H and O–H groups in total.